The molecule has 1 N–H and O–H groups in total. The van der Waals surface area contributed by atoms with Crippen molar-refractivity contribution in [3.8, 4) is 0 Å². The van der Waals surface area contributed by atoms with E-state index >= 15 is 0 Å². The summed E-state index contributed by atoms with van der Waals surface area (Å²) in [5.74, 6) is 0.138. The summed E-state index contributed by atoms with van der Waals surface area (Å²) in [4.78, 5) is 13.7. The van der Waals surface area contributed by atoms with Crippen molar-refractivity contribution in [1.82, 2.24) is 10.2 Å². The average molecular weight is 262 g/mol. The Hall–Kier alpha value is -1.35. The standard InChI is InChI=1S/C16H26N2O/c1-6-14-8-10-15(11-9-14)12(3)17-13(4)16(19)18(5)7-2/h8-13,17H,6-7H2,1-5H3. The van der Waals surface area contributed by atoms with Crippen molar-refractivity contribution in [3.63, 3.8) is 0 Å². The topological polar surface area (TPSA) is 32.3 Å². The number of nitrogens with zero attached hydrogens (tertiary/aromatic N) is 1. The van der Waals surface area contributed by atoms with Crippen molar-refractivity contribution in [2.24, 2.45) is 0 Å². The molecule has 1 aromatic rings. The van der Waals surface area contributed by atoms with Crippen LogP contribution in [-0.2, 0) is 11.2 Å². The first-order valence-corrected chi connectivity index (χ1v) is 7.09. The summed E-state index contributed by atoms with van der Waals surface area (Å²) in [7, 11) is 1.83. The van der Waals surface area contributed by atoms with Crippen LogP contribution in [0.3, 0.4) is 0 Å². The molecule has 0 aliphatic heterocycles. The van der Waals surface area contributed by atoms with Gasteiger partial charge in [-0.25, -0.2) is 0 Å². The molecule has 0 spiro atoms. The molecule has 0 saturated carbocycles. The molecule has 3 heteroatoms. The van der Waals surface area contributed by atoms with Crippen LogP contribution in [0.25, 0.3) is 0 Å². The highest BCUT2D eigenvalue weighted by Gasteiger charge is 2.18. The van der Waals surface area contributed by atoms with E-state index < -0.39 is 0 Å². The van der Waals surface area contributed by atoms with E-state index in [1.165, 1.54) is 11.1 Å². The van der Waals surface area contributed by atoms with Gasteiger partial charge in [0.2, 0.25) is 5.91 Å². The molecule has 0 heterocycles. The minimum Gasteiger partial charge on any atom is -0.345 e. The summed E-state index contributed by atoms with van der Waals surface area (Å²) in [5, 5.41) is 3.36. The first kappa shape index (κ1) is 15.7. The number of hydrogen-bond acceptors (Lipinski definition) is 2. The van der Waals surface area contributed by atoms with Gasteiger partial charge < -0.3 is 4.90 Å². The molecule has 2 atom stereocenters. The summed E-state index contributed by atoms with van der Waals surface area (Å²) < 4.78 is 0. The molecule has 0 aliphatic rings. The van der Waals surface area contributed by atoms with Crippen molar-refractivity contribution in [1.29, 1.82) is 0 Å². The molecule has 106 valence electrons. The predicted molar refractivity (Wildman–Crippen MR) is 80.1 cm³/mol. The molecule has 0 aliphatic carbocycles. The molecular weight excluding hydrogens is 236 g/mol. The lowest BCUT2D eigenvalue weighted by molar-refractivity contribution is -0.131. The van der Waals surface area contributed by atoms with Gasteiger partial charge >= 0.3 is 0 Å². The van der Waals surface area contributed by atoms with Crippen molar-refractivity contribution < 1.29 is 4.79 Å². The number of carbonyl (C=O) groups is 1. The van der Waals surface area contributed by atoms with E-state index in [-0.39, 0.29) is 18.0 Å². The summed E-state index contributed by atoms with van der Waals surface area (Å²) in [6.07, 6.45) is 1.05. The third kappa shape index (κ3) is 4.35. The number of rotatable bonds is 6. The highest BCUT2D eigenvalue weighted by atomic mass is 16.2. The average Bonchev–Trinajstić information content (AvgIpc) is 2.45. The van der Waals surface area contributed by atoms with Crippen molar-refractivity contribution in [3.05, 3.63) is 35.4 Å². The van der Waals surface area contributed by atoms with Crippen LogP contribution in [-0.4, -0.2) is 30.4 Å². The van der Waals surface area contributed by atoms with E-state index in [9.17, 15) is 4.79 Å². The van der Waals surface area contributed by atoms with Gasteiger partial charge in [0.25, 0.3) is 0 Å². The maximum atomic E-state index is 12.0. The molecule has 2 unspecified atom stereocenters. The van der Waals surface area contributed by atoms with Gasteiger partial charge in [0.05, 0.1) is 6.04 Å². The van der Waals surface area contributed by atoms with Gasteiger partial charge in [-0.05, 0) is 38.3 Å². The molecule has 0 fully saturated rings. The lowest BCUT2D eigenvalue weighted by atomic mass is 10.0. The molecule has 0 radical (unpaired) electrons. The lowest BCUT2D eigenvalue weighted by Gasteiger charge is -2.24. The largest absolute Gasteiger partial charge is 0.345 e. The van der Waals surface area contributed by atoms with E-state index in [0.717, 1.165) is 13.0 Å². The molecule has 0 bridgehead atoms. The summed E-state index contributed by atoms with van der Waals surface area (Å²) >= 11 is 0. The van der Waals surface area contributed by atoms with Crippen molar-refractivity contribution in [2.75, 3.05) is 13.6 Å². The SMILES string of the molecule is CCc1ccc(C(C)NC(C)C(=O)N(C)CC)cc1. The van der Waals surface area contributed by atoms with Gasteiger partial charge in [0.1, 0.15) is 0 Å². The fourth-order valence-electron chi connectivity index (χ4n) is 2.07. The van der Waals surface area contributed by atoms with Gasteiger partial charge in [-0.2, -0.15) is 0 Å². The third-order valence-electron chi connectivity index (χ3n) is 3.61. The van der Waals surface area contributed by atoms with Gasteiger partial charge in [-0.15, -0.1) is 0 Å². The first-order valence-electron chi connectivity index (χ1n) is 7.09. The highest BCUT2D eigenvalue weighted by Crippen LogP contribution is 2.14. The van der Waals surface area contributed by atoms with Crippen LogP contribution >= 0.6 is 0 Å². The number of benzene rings is 1. The Kier molecular flexibility index (Phi) is 6.03. The number of carbonyl (C=O) groups excluding carboxylic acids is 1. The number of amides is 1. The van der Waals surface area contributed by atoms with Crippen LogP contribution in [0, 0.1) is 0 Å². The van der Waals surface area contributed by atoms with E-state index in [4.69, 9.17) is 0 Å². The Morgan fingerprint density at radius 3 is 2.26 bits per heavy atom. The highest BCUT2D eigenvalue weighted by molar-refractivity contribution is 5.81. The summed E-state index contributed by atoms with van der Waals surface area (Å²) in [6.45, 7) is 8.89. The fourth-order valence-corrected chi connectivity index (χ4v) is 2.07. The number of likely N-dealkylation sites (N-methyl/N-ethyl adjacent to an activating group) is 1. The zero-order chi connectivity index (χ0) is 14.4. The van der Waals surface area contributed by atoms with Crippen LogP contribution in [0.4, 0.5) is 0 Å². The Balaban J connectivity index is 2.62. The smallest absolute Gasteiger partial charge is 0.239 e. The van der Waals surface area contributed by atoms with Crippen LogP contribution in [0.1, 0.15) is 44.9 Å². The zero-order valence-corrected chi connectivity index (χ0v) is 12.7. The zero-order valence-electron chi connectivity index (χ0n) is 12.7. The van der Waals surface area contributed by atoms with Gasteiger partial charge in [-0.1, -0.05) is 31.2 Å². The summed E-state index contributed by atoms with van der Waals surface area (Å²) in [6, 6.07) is 8.59. The Morgan fingerprint density at radius 1 is 1.21 bits per heavy atom. The van der Waals surface area contributed by atoms with Gasteiger partial charge in [0.15, 0.2) is 0 Å². The van der Waals surface area contributed by atoms with E-state index in [0.29, 0.717) is 0 Å². The molecule has 0 aromatic heterocycles. The minimum absolute atomic E-state index is 0.138. The lowest BCUT2D eigenvalue weighted by Crippen LogP contribution is -2.43. The molecule has 0 saturated heterocycles. The maximum absolute atomic E-state index is 12.0. The Bertz CT molecular complexity index is 400. The number of hydrogen-bond donors (Lipinski definition) is 1. The molecule has 19 heavy (non-hydrogen) atoms. The van der Waals surface area contributed by atoms with Gasteiger partial charge in [-0.3, -0.25) is 10.1 Å². The normalized spacial score (nSPS) is 13.9. The third-order valence-corrected chi connectivity index (χ3v) is 3.61. The number of aryl methyl sites for hydroxylation is 1. The van der Waals surface area contributed by atoms with Crippen LogP contribution in [0.15, 0.2) is 24.3 Å². The van der Waals surface area contributed by atoms with Crippen LogP contribution in [0.5, 0.6) is 0 Å². The molecular formula is C16H26N2O. The summed E-state index contributed by atoms with van der Waals surface area (Å²) in [5.41, 5.74) is 2.56. The van der Waals surface area contributed by atoms with Crippen molar-refractivity contribution >= 4 is 5.91 Å². The molecule has 1 amide bonds. The van der Waals surface area contributed by atoms with Gasteiger partial charge in [0, 0.05) is 19.6 Å². The quantitative estimate of drug-likeness (QED) is 0.855. The van der Waals surface area contributed by atoms with E-state index in [1.54, 1.807) is 4.90 Å². The fraction of sp³-hybridized carbons (Fsp3) is 0.562. The number of nitrogens with one attached hydrogen (secondary N) is 1. The van der Waals surface area contributed by atoms with Crippen LogP contribution in [0.2, 0.25) is 0 Å². The first-order chi connectivity index (χ1) is 8.99. The minimum atomic E-state index is -0.161. The molecule has 3 nitrogen and oxygen atoms in total. The van der Waals surface area contributed by atoms with E-state index in [1.807, 2.05) is 20.9 Å². The monoisotopic (exact) mass is 262 g/mol. The molecule has 1 aromatic carbocycles. The second-order valence-electron chi connectivity index (χ2n) is 5.06. The predicted octanol–water partition coefficient (Wildman–Crippen LogP) is 2.77. The Labute approximate surface area is 117 Å². The second-order valence-corrected chi connectivity index (χ2v) is 5.06. The van der Waals surface area contributed by atoms with E-state index in [2.05, 4.69) is 43.4 Å². The van der Waals surface area contributed by atoms with Crippen LogP contribution < -0.4 is 5.32 Å². The van der Waals surface area contributed by atoms with Crippen molar-refractivity contribution in [2.45, 2.75) is 46.2 Å². The Morgan fingerprint density at radius 2 is 1.79 bits per heavy atom. The maximum Gasteiger partial charge on any atom is 0.239 e. The molecule has 1 rings (SSSR count). The second kappa shape index (κ2) is 7.29.